The molecule has 0 aliphatic rings. The Morgan fingerprint density at radius 3 is 2.21 bits per heavy atom. The summed E-state index contributed by atoms with van der Waals surface area (Å²) >= 11 is 1.31. The Kier molecular flexibility index (Phi) is 7.92. The quantitative estimate of drug-likeness (QED) is 0.469. The van der Waals surface area contributed by atoms with Crippen LogP contribution in [0.2, 0.25) is 0 Å². The molecule has 8 heteroatoms. The largest absolute Gasteiger partial charge is 0.326 e. The van der Waals surface area contributed by atoms with E-state index < -0.39 is 0 Å². The van der Waals surface area contributed by atoms with Crippen molar-refractivity contribution < 1.29 is 9.59 Å². The number of hydrogen-bond donors (Lipinski definition) is 2. The third-order valence-corrected chi connectivity index (χ3v) is 6.46. The summed E-state index contributed by atoms with van der Waals surface area (Å²) in [7, 11) is 0. The molecule has 0 saturated heterocycles. The number of nitrogens with zero attached hydrogens (tertiary/aromatic N) is 3. The number of benzene rings is 2. The fourth-order valence-electron chi connectivity index (χ4n) is 3.72. The lowest BCUT2D eigenvalue weighted by atomic mass is 10.1. The molecule has 0 aliphatic heterocycles. The fraction of sp³-hybridized carbons (Fsp3) is 0.360. The molecule has 2 aromatic carbocycles. The normalized spacial score (nSPS) is 10.8. The van der Waals surface area contributed by atoms with E-state index in [0.717, 1.165) is 28.1 Å². The number of nitrogens with one attached hydrogen (secondary N) is 2. The Hall–Kier alpha value is -3.13. The molecule has 1 aromatic heterocycles. The van der Waals surface area contributed by atoms with Gasteiger partial charge in [-0.3, -0.25) is 9.59 Å². The van der Waals surface area contributed by atoms with Crippen LogP contribution in [0.3, 0.4) is 0 Å². The SMILES string of the molecule is CCn1c(CC(=O)Nc2ccc(C)c(C)c2)nnc1SCC(=O)Nc1c(C)cc(C)cc1C. The van der Waals surface area contributed by atoms with Crippen molar-refractivity contribution >= 4 is 35.0 Å². The number of carbonyl (C=O) groups excluding carboxylic acids is 2. The van der Waals surface area contributed by atoms with Crippen LogP contribution in [0.5, 0.6) is 0 Å². The Morgan fingerprint density at radius 2 is 1.58 bits per heavy atom. The van der Waals surface area contributed by atoms with Crippen molar-refractivity contribution in [2.45, 2.75) is 59.7 Å². The van der Waals surface area contributed by atoms with Gasteiger partial charge in [-0.1, -0.05) is 35.5 Å². The third kappa shape index (κ3) is 6.22. The first kappa shape index (κ1) is 24.5. The van der Waals surface area contributed by atoms with Gasteiger partial charge < -0.3 is 15.2 Å². The predicted molar refractivity (Wildman–Crippen MR) is 134 cm³/mol. The number of amides is 2. The molecule has 0 spiro atoms. The number of hydrogen-bond acceptors (Lipinski definition) is 5. The summed E-state index contributed by atoms with van der Waals surface area (Å²) in [6.45, 7) is 12.7. The van der Waals surface area contributed by atoms with Gasteiger partial charge in [-0.05, 0) is 75.9 Å². The lowest BCUT2D eigenvalue weighted by molar-refractivity contribution is -0.116. The summed E-state index contributed by atoms with van der Waals surface area (Å²) in [6, 6.07) is 9.94. The molecule has 0 saturated carbocycles. The summed E-state index contributed by atoms with van der Waals surface area (Å²) in [5, 5.41) is 15.0. The molecule has 1 heterocycles. The maximum absolute atomic E-state index is 12.6. The number of anilines is 2. The van der Waals surface area contributed by atoms with Crippen molar-refractivity contribution in [1.82, 2.24) is 14.8 Å². The summed E-state index contributed by atoms with van der Waals surface area (Å²) in [5.74, 6) is 0.529. The van der Waals surface area contributed by atoms with Crippen LogP contribution >= 0.6 is 11.8 Å². The average Bonchev–Trinajstić information content (AvgIpc) is 3.13. The van der Waals surface area contributed by atoms with E-state index in [0.29, 0.717) is 17.5 Å². The van der Waals surface area contributed by atoms with Crippen molar-refractivity contribution in [1.29, 1.82) is 0 Å². The first-order valence-electron chi connectivity index (χ1n) is 11.0. The highest BCUT2D eigenvalue weighted by Gasteiger charge is 2.17. The summed E-state index contributed by atoms with van der Waals surface area (Å²) in [5.41, 5.74) is 7.17. The first-order valence-corrected chi connectivity index (χ1v) is 12.0. The molecule has 3 rings (SSSR count). The highest BCUT2D eigenvalue weighted by Crippen LogP contribution is 2.23. The minimum atomic E-state index is -0.153. The summed E-state index contributed by atoms with van der Waals surface area (Å²) in [6.07, 6.45) is 0.113. The minimum absolute atomic E-state index is 0.102. The molecule has 0 radical (unpaired) electrons. The molecule has 0 fully saturated rings. The first-order chi connectivity index (χ1) is 15.7. The van der Waals surface area contributed by atoms with Crippen LogP contribution in [0, 0.1) is 34.6 Å². The molecular weight excluding hydrogens is 434 g/mol. The second-order valence-corrected chi connectivity index (χ2v) is 9.22. The van der Waals surface area contributed by atoms with Gasteiger partial charge in [0, 0.05) is 17.9 Å². The molecule has 0 aliphatic carbocycles. The zero-order valence-corrected chi connectivity index (χ0v) is 20.9. The summed E-state index contributed by atoms with van der Waals surface area (Å²) in [4.78, 5) is 25.1. The van der Waals surface area contributed by atoms with Crippen molar-refractivity contribution in [2.24, 2.45) is 0 Å². The second-order valence-electron chi connectivity index (χ2n) is 8.28. The van der Waals surface area contributed by atoms with E-state index in [1.165, 1.54) is 22.9 Å². The number of carbonyl (C=O) groups is 2. The van der Waals surface area contributed by atoms with Crippen LogP contribution in [0.1, 0.15) is 40.6 Å². The van der Waals surface area contributed by atoms with E-state index in [9.17, 15) is 9.59 Å². The maximum Gasteiger partial charge on any atom is 0.234 e. The van der Waals surface area contributed by atoms with Crippen LogP contribution in [-0.4, -0.2) is 32.3 Å². The summed E-state index contributed by atoms with van der Waals surface area (Å²) < 4.78 is 1.88. The fourth-order valence-corrected chi connectivity index (χ4v) is 4.55. The number of thioether (sulfide) groups is 1. The van der Waals surface area contributed by atoms with Gasteiger partial charge >= 0.3 is 0 Å². The van der Waals surface area contributed by atoms with Crippen molar-refractivity contribution in [3.63, 3.8) is 0 Å². The van der Waals surface area contributed by atoms with Gasteiger partial charge in [0.05, 0.1) is 12.2 Å². The van der Waals surface area contributed by atoms with Gasteiger partial charge in [0.25, 0.3) is 0 Å². The van der Waals surface area contributed by atoms with Crippen molar-refractivity contribution in [3.05, 3.63) is 64.0 Å². The molecule has 2 amide bonds. The van der Waals surface area contributed by atoms with Gasteiger partial charge in [-0.25, -0.2) is 0 Å². The number of aryl methyl sites for hydroxylation is 5. The zero-order chi connectivity index (χ0) is 24.1. The molecule has 0 bridgehead atoms. The van der Waals surface area contributed by atoms with Crippen molar-refractivity contribution in [3.8, 4) is 0 Å². The van der Waals surface area contributed by atoms with E-state index in [4.69, 9.17) is 0 Å². The van der Waals surface area contributed by atoms with Crippen LogP contribution in [0.4, 0.5) is 11.4 Å². The predicted octanol–water partition coefficient (Wildman–Crippen LogP) is 4.75. The van der Waals surface area contributed by atoms with E-state index in [1.807, 2.05) is 64.3 Å². The Labute approximate surface area is 199 Å². The Morgan fingerprint density at radius 1 is 0.879 bits per heavy atom. The number of rotatable bonds is 8. The van der Waals surface area contributed by atoms with E-state index in [-0.39, 0.29) is 24.0 Å². The van der Waals surface area contributed by atoms with Crippen LogP contribution in [0.25, 0.3) is 0 Å². The molecular formula is C25H31N5O2S. The van der Waals surface area contributed by atoms with Gasteiger partial charge in [0.1, 0.15) is 5.82 Å². The molecule has 2 N–H and O–H groups in total. The van der Waals surface area contributed by atoms with E-state index in [2.05, 4.69) is 33.0 Å². The third-order valence-electron chi connectivity index (χ3n) is 5.49. The molecule has 174 valence electrons. The minimum Gasteiger partial charge on any atom is -0.326 e. The van der Waals surface area contributed by atoms with Crippen LogP contribution < -0.4 is 10.6 Å². The van der Waals surface area contributed by atoms with Gasteiger partial charge in [-0.2, -0.15) is 0 Å². The highest BCUT2D eigenvalue weighted by atomic mass is 32.2. The van der Waals surface area contributed by atoms with Gasteiger partial charge in [0.15, 0.2) is 5.16 Å². The monoisotopic (exact) mass is 465 g/mol. The highest BCUT2D eigenvalue weighted by molar-refractivity contribution is 7.99. The second kappa shape index (κ2) is 10.7. The standard InChI is InChI=1S/C25H31N5O2S/c1-7-30-21(13-22(31)26-20-9-8-16(3)17(4)12-20)28-29-25(30)33-14-23(32)27-24-18(5)10-15(2)11-19(24)6/h8-12H,7,13-14H2,1-6H3,(H,26,31)(H,27,32). The molecule has 0 atom stereocenters. The Balaban J connectivity index is 1.61. The van der Waals surface area contributed by atoms with Crippen LogP contribution in [-0.2, 0) is 22.6 Å². The molecule has 0 unspecified atom stereocenters. The van der Waals surface area contributed by atoms with E-state index in [1.54, 1.807) is 0 Å². The van der Waals surface area contributed by atoms with E-state index >= 15 is 0 Å². The zero-order valence-electron chi connectivity index (χ0n) is 20.1. The van der Waals surface area contributed by atoms with Crippen LogP contribution in [0.15, 0.2) is 35.5 Å². The molecule has 3 aromatic rings. The average molecular weight is 466 g/mol. The molecule has 7 nitrogen and oxygen atoms in total. The topological polar surface area (TPSA) is 88.9 Å². The van der Waals surface area contributed by atoms with Gasteiger partial charge in [-0.15, -0.1) is 10.2 Å². The van der Waals surface area contributed by atoms with Crippen molar-refractivity contribution in [2.75, 3.05) is 16.4 Å². The Bertz CT molecular complexity index is 1160. The lowest BCUT2D eigenvalue weighted by Gasteiger charge is -2.13. The number of aromatic nitrogens is 3. The molecule has 33 heavy (non-hydrogen) atoms. The van der Waals surface area contributed by atoms with Gasteiger partial charge in [0.2, 0.25) is 11.8 Å². The smallest absolute Gasteiger partial charge is 0.234 e. The maximum atomic E-state index is 12.6. The lowest BCUT2D eigenvalue weighted by Crippen LogP contribution is -2.18.